The fourth-order valence-corrected chi connectivity index (χ4v) is 2.04. The summed E-state index contributed by atoms with van der Waals surface area (Å²) < 4.78 is 1.91. The number of aromatic nitrogens is 2. The second kappa shape index (κ2) is 6.47. The summed E-state index contributed by atoms with van der Waals surface area (Å²) in [5, 5.41) is 7.72. The van der Waals surface area contributed by atoms with Gasteiger partial charge in [0.25, 0.3) is 0 Å². The normalized spacial score (nSPS) is 10.6. The minimum Gasteiger partial charge on any atom is -0.312 e. The molecule has 4 heteroatoms. The lowest BCUT2D eigenvalue weighted by atomic mass is 10.2. The summed E-state index contributed by atoms with van der Waals surface area (Å²) >= 11 is 1.86. The number of thioether (sulfide) groups is 1. The van der Waals surface area contributed by atoms with Crippen LogP contribution in [0.25, 0.3) is 5.69 Å². The van der Waals surface area contributed by atoms with Crippen molar-refractivity contribution in [3.8, 4) is 5.69 Å². The maximum atomic E-state index is 4.28. The Morgan fingerprint density at radius 3 is 2.94 bits per heavy atom. The number of rotatable bonds is 6. The second-order valence-corrected chi connectivity index (χ2v) is 4.73. The van der Waals surface area contributed by atoms with Crippen LogP contribution in [0.2, 0.25) is 0 Å². The molecule has 3 nitrogen and oxygen atoms in total. The maximum Gasteiger partial charge on any atom is 0.0690 e. The summed E-state index contributed by atoms with van der Waals surface area (Å²) in [5.41, 5.74) is 2.42. The Bertz CT molecular complexity index is 440. The van der Waals surface area contributed by atoms with Crippen molar-refractivity contribution in [3.05, 3.63) is 48.3 Å². The molecular weight excluding hydrogens is 230 g/mol. The van der Waals surface area contributed by atoms with Crippen LogP contribution in [0.5, 0.6) is 0 Å². The van der Waals surface area contributed by atoms with Gasteiger partial charge in [0.05, 0.1) is 5.69 Å². The lowest BCUT2D eigenvalue weighted by Crippen LogP contribution is -2.17. The number of benzene rings is 1. The quantitative estimate of drug-likeness (QED) is 0.795. The molecule has 0 amide bonds. The Labute approximate surface area is 106 Å². The van der Waals surface area contributed by atoms with Gasteiger partial charge in [-0.05, 0) is 24.0 Å². The number of nitrogens with zero attached hydrogens (tertiary/aromatic N) is 2. The lowest BCUT2D eigenvalue weighted by Gasteiger charge is -2.10. The zero-order valence-electron chi connectivity index (χ0n) is 9.97. The van der Waals surface area contributed by atoms with E-state index in [4.69, 9.17) is 0 Å². The highest BCUT2D eigenvalue weighted by Crippen LogP contribution is 2.12. The molecule has 1 aromatic heterocycles. The molecule has 1 N–H and O–H groups in total. The van der Waals surface area contributed by atoms with Crippen molar-refractivity contribution in [2.45, 2.75) is 6.54 Å². The molecule has 0 fully saturated rings. The third kappa shape index (κ3) is 3.35. The molecule has 1 heterocycles. The molecule has 0 radical (unpaired) electrons. The zero-order chi connectivity index (χ0) is 11.9. The third-order valence-corrected chi connectivity index (χ3v) is 3.15. The first-order chi connectivity index (χ1) is 8.42. The first kappa shape index (κ1) is 12.2. The monoisotopic (exact) mass is 247 g/mol. The van der Waals surface area contributed by atoms with E-state index in [0.29, 0.717) is 0 Å². The fraction of sp³-hybridized carbons (Fsp3) is 0.308. The van der Waals surface area contributed by atoms with Crippen molar-refractivity contribution in [1.82, 2.24) is 15.1 Å². The summed E-state index contributed by atoms with van der Waals surface area (Å²) in [5.74, 6) is 1.14. The Hall–Kier alpha value is -1.26. The van der Waals surface area contributed by atoms with Crippen LogP contribution in [0.3, 0.4) is 0 Å². The molecule has 17 heavy (non-hydrogen) atoms. The van der Waals surface area contributed by atoms with E-state index in [1.807, 2.05) is 34.8 Å². The van der Waals surface area contributed by atoms with Crippen molar-refractivity contribution in [1.29, 1.82) is 0 Å². The summed E-state index contributed by atoms with van der Waals surface area (Å²) in [7, 11) is 0. The van der Waals surface area contributed by atoms with Gasteiger partial charge in [-0.1, -0.05) is 18.2 Å². The average Bonchev–Trinajstić information content (AvgIpc) is 2.89. The summed E-state index contributed by atoms with van der Waals surface area (Å²) in [6.07, 6.45) is 5.90. The molecule has 0 bridgehead atoms. The van der Waals surface area contributed by atoms with Gasteiger partial charge in [0.1, 0.15) is 0 Å². The topological polar surface area (TPSA) is 29.9 Å². The maximum absolute atomic E-state index is 4.28. The van der Waals surface area contributed by atoms with Crippen LogP contribution in [0, 0.1) is 0 Å². The average molecular weight is 247 g/mol. The number of hydrogen-bond acceptors (Lipinski definition) is 3. The van der Waals surface area contributed by atoms with E-state index in [0.717, 1.165) is 24.5 Å². The van der Waals surface area contributed by atoms with Gasteiger partial charge >= 0.3 is 0 Å². The second-order valence-electron chi connectivity index (χ2n) is 3.75. The van der Waals surface area contributed by atoms with E-state index in [9.17, 15) is 0 Å². The van der Waals surface area contributed by atoms with Crippen molar-refractivity contribution in [2.24, 2.45) is 0 Å². The Kier molecular flexibility index (Phi) is 4.64. The largest absolute Gasteiger partial charge is 0.312 e. The van der Waals surface area contributed by atoms with Crippen LogP contribution in [-0.4, -0.2) is 28.3 Å². The van der Waals surface area contributed by atoms with Crippen molar-refractivity contribution >= 4 is 11.8 Å². The highest BCUT2D eigenvalue weighted by atomic mass is 32.2. The van der Waals surface area contributed by atoms with Gasteiger partial charge in [-0.3, -0.25) is 0 Å². The molecule has 0 saturated carbocycles. The molecule has 90 valence electrons. The Morgan fingerprint density at radius 1 is 1.29 bits per heavy atom. The van der Waals surface area contributed by atoms with Gasteiger partial charge in [0.2, 0.25) is 0 Å². The first-order valence-corrected chi connectivity index (χ1v) is 7.09. The fourth-order valence-electron chi connectivity index (χ4n) is 1.69. The predicted octanol–water partition coefficient (Wildman–Crippen LogP) is 2.32. The van der Waals surface area contributed by atoms with E-state index in [2.05, 4.69) is 34.9 Å². The molecule has 0 spiro atoms. The molecule has 0 saturated heterocycles. The standard InChI is InChI=1S/C13H17N3S/c1-17-10-8-14-11-12-5-2-3-6-13(12)16-9-4-7-15-16/h2-7,9,14H,8,10-11H2,1H3. The van der Waals surface area contributed by atoms with Crippen LogP contribution in [-0.2, 0) is 6.54 Å². The molecule has 0 unspecified atom stereocenters. The number of nitrogens with one attached hydrogen (secondary N) is 1. The summed E-state index contributed by atoms with van der Waals surface area (Å²) in [4.78, 5) is 0. The molecule has 0 aliphatic carbocycles. The van der Waals surface area contributed by atoms with Crippen molar-refractivity contribution < 1.29 is 0 Å². The van der Waals surface area contributed by atoms with Gasteiger partial charge < -0.3 is 5.32 Å². The molecule has 2 aromatic rings. The highest BCUT2D eigenvalue weighted by Gasteiger charge is 2.02. The van der Waals surface area contributed by atoms with Crippen LogP contribution < -0.4 is 5.32 Å². The third-order valence-electron chi connectivity index (χ3n) is 2.54. The van der Waals surface area contributed by atoms with E-state index in [-0.39, 0.29) is 0 Å². The molecule has 2 rings (SSSR count). The van der Waals surface area contributed by atoms with E-state index in [1.165, 1.54) is 5.56 Å². The van der Waals surface area contributed by atoms with Crippen LogP contribution >= 0.6 is 11.8 Å². The lowest BCUT2D eigenvalue weighted by molar-refractivity contribution is 0.722. The zero-order valence-corrected chi connectivity index (χ0v) is 10.8. The molecule has 0 atom stereocenters. The van der Waals surface area contributed by atoms with E-state index < -0.39 is 0 Å². The molecule has 1 aromatic carbocycles. The van der Waals surface area contributed by atoms with E-state index >= 15 is 0 Å². The van der Waals surface area contributed by atoms with Gasteiger partial charge in [0.15, 0.2) is 0 Å². The van der Waals surface area contributed by atoms with Crippen LogP contribution in [0.1, 0.15) is 5.56 Å². The number of para-hydroxylation sites is 1. The summed E-state index contributed by atoms with van der Waals surface area (Å²) in [6.45, 7) is 1.92. The SMILES string of the molecule is CSCCNCc1ccccc1-n1cccn1. The smallest absolute Gasteiger partial charge is 0.0690 e. The van der Waals surface area contributed by atoms with Crippen molar-refractivity contribution in [2.75, 3.05) is 18.6 Å². The van der Waals surface area contributed by atoms with Gasteiger partial charge in [-0.15, -0.1) is 0 Å². The molecule has 0 aliphatic heterocycles. The minimum absolute atomic E-state index is 0.886. The van der Waals surface area contributed by atoms with Crippen LogP contribution in [0.15, 0.2) is 42.7 Å². The first-order valence-electron chi connectivity index (χ1n) is 5.69. The predicted molar refractivity (Wildman–Crippen MR) is 73.7 cm³/mol. The number of hydrogen-bond donors (Lipinski definition) is 1. The summed E-state index contributed by atoms with van der Waals surface area (Å²) in [6, 6.07) is 10.3. The minimum atomic E-state index is 0.886. The van der Waals surface area contributed by atoms with Gasteiger partial charge in [-0.2, -0.15) is 16.9 Å². The molecular formula is C13H17N3S. The highest BCUT2D eigenvalue weighted by molar-refractivity contribution is 7.98. The Balaban J connectivity index is 2.06. The van der Waals surface area contributed by atoms with Crippen molar-refractivity contribution in [3.63, 3.8) is 0 Å². The Morgan fingerprint density at radius 2 is 2.18 bits per heavy atom. The molecule has 0 aliphatic rings. The van der Waals surface area contributed by atoms with E-state index in [1.54, 1.807) is 6.20 Å². The van der Waals surface area contributed by atoms with Crippen LogP contribution in [0.4, 0.5) is 0 Å². The van der Waals surface area contributed by atoms with Gasteiger partial charge in [0, 0.05) is 31.2 Å². The van der Waals surface area contributed by atoms with Gasteiger partial charge in [-0.25, -0.2) is 4.68 Å².